The summed E-state index contributed by atoms with van der Waals surface area (Å²) in [4.78, 5) is 1.39. The van der Waals surface area contributed by atoms with Crippen molar-refractivity contribution in [3.8, 4) is 0 Å². The summed E-state index contributed by atoms with van der Waals surface area (Å²) in [6.07, 6.45) is 3.96. The predicted molar refractivity (Wildman–Crippen MR) is 67.4 cm³/mol. The molecule has 0 saturated carbocycles. The number of hydrogen-bond donors (Lipinski definition) is 1. The van der Waals surface area contributed by atoms with E-state index in [2.05, 4.69) is 33.4 Å². The second kappa shape index (κ2) is 5.43. The Hall–Kier alpha value is 0.1000. The van der Waals surface area contributed by atoms with Gasteiger partial charge in [-0.15, -0.1) is 11.3 Å². The Morgan fingerprint density at radius 3 is 3.07 bits per heavy atom. The molecule has 0 spiro atoms. The van der Waals surface area contributed by atoms with E-state index in [4.69, 9.17) is 4.74 Å². The van der Waals surface area contributed by atoms with Crippen molar-refractivity contribution in [2.45, 2.75) is 31.4 Å². The van der Waals surface area contributed by atoms with Crippen LogP contribution in [0.5, 0.6) is 0 Å². The van der Waals surface area contributed by atoms with Crippen LogP contribution in [0.25, 0.3) is 0 Å². The second-order valence-electron chi connectivity index (χ2n) is 3.85. The molecule has 1 aromatic heterocycles. The first-order chi connectivity index (χ1) is 7.29. The van der Waals surface area contributed by atoms with Crippen molar-refractivity contribution in [1.82, 2.24) is 5.32 Å². The van der Waals surface area contributed by atoms with Crippen LogP contribution in [0.15, 0.2) is 15.9 Å². The summed E-state index contributed by atoms with van der Waals surface area (Å²) in [5.74, 6) is 0. The second-order valence-corrected chi connectivity index (χ2v) is 6.35. The molecule has 84 valence electrons. The molecule has 15 heavy (non-hydrogen) atoms. The van der Waals surface area contributed by atoms with Crippen LogP contribution >= 0.6 is 27.3 Å². The first kappa shape index (κ1) is 11.6. The average molecular weight is 290 g/mol. The lowest BCUT2D eigenvalue weighted by atomic mass is 10.1. The summed E-state index contributed by atoms with van der Waals surface area (Å²) in [5, 5.41) is 3.37. The maximum Gasteiger partial charge on any atom is 0.0701 e. The molecule has 0 bridgehead atoms. The zero-order chi connectivity index (χ0) is 10.7. The number of ether oxygens (including phenoxy) is 1. The quantitative estimate of drug-likeness (QED) is 0.918. The lowest BCUT2D eigenvalue weighted by molar-refractivity contribution is 0.0957. The molecule has 2 nitrogen and oxygen atoms in total. The number of rotatable bonds is 4. The van der Waals surface area contributed by atoms with Crippen LogP contribution in [0.3, 0.4) is 0 Å². The molecule has 1 aliphatic heterocycles. The minimum atomic E-state index is 0.435. The SMILES string of the molecule is CNC(CC1CCCO1)c1ccc(Br)s1. The van der Waals surface area contributed by atoms with Gasteiger partial charge < -0.3 is 10.1 Å². The highest BCUT2D eigenvalue weighted by atomic mass is 79.9. The Kier molecular flexibility index (Phi) is 4.20. The Bertz CT molecular complexity index is 309. The average Bonchev–Trinajstić information content (AvgIpc) is 2.85. The molecular formula is C11H16BrNOS. The first-order valence-electron chi connectivity index (χ1n) is 5.33. The molecular weight excluding hydrogens is 274 g/mol. The van der Waals surface area contributed by atoms with Gasteiger partial charge in [-0.05, 0) is 54.4 Å². The van der Waals surface area contributed by atoms with Crippen molar-refractivity contribution in [1.29, 1.82) is 0 Å². The van der Waals surface area contributed by atoms with Crippen molar-refractivity contribution >= 4 is 27.3 Å². The van der Waals surface area contributed by atoms with Crippen LogP contribution in [0.4, 0.5) is 0 Å². The fourth-order valence-electron chi connectivity index (χ4n) is 1.98. The Morgan fingerprint density at radius 1 is 1.67 bits per heavy atom. The first-order valence-corrected chi connectivity index (χ1v) is 6.94. The molecule has 1 aliphatic rings. The monoisotopic (exact) mass is 289 g/mol. The summed E-state index contributed by atoms with van der Waals surface area (Å²) in [6, 6.07) is 4.73. The normalized spacial score (nSPS) is 23.2. The Balaban J connectivity index is 1.97. The van der Waals surface area contributed by atoms with Gasteiger partial charge in [0.05, 0.1) is 9.89 Å². The van der Waals surface area contributed by atoms with Crippen LogP contribution in [0, 0.1) is 0 Å². The largest absolute Gasteiger partial charge is 0.378 e. The Labute approximate surface area is 103 Å². The van der Waals surface area contributed by atoms with E-state index in [9.17, 15) is 0 Å². The lowest BCUT2D eigenvalue weighted by Gasteiger charge is -2.18. The molecule has 1 N–H and O–H groups in total. The highest BCUT2D eigenvalue weighted by Crippen LogP contribution is 2.31. The highest BCUT2D eigenvalue weighted by molar-refractivity contribution is 9.11. The Morgan fingerprint density at radius 2 is 2.53 bits per heavy atom. The topological polar surface area (TPSA) is 21.3 Å². The molecule has 0 amide bonds. The number of hydrogen-bond acceptors (Lipinski definition) is 3. The number of halogens is 1. The van der Waals surface area contributed by atoms with Crippen LogP contribution in [0.1, 0.15) is 30.2 Å². The van der Waals surface area contributed by atoms with Crippen LogP contribution in [0.2, 0.25) is 0 Å². The van der Waals surface area contributed by atoms with E-state index in [1.165, 1.54) is 21.5 Å². The third-order valence-corrected chi connectivity index (χ3v) is 4.55. The molecule has 0 aromatic carbocycles. The van der Waals surface area contributed by atoms with Gasteiger partial charge in [-0.25, -0.2) is 0 Å². The van der Waals surface area contributed by atoms with Crippen molar-refractivity contribution in [2.24, 2.45) is 0 Å². The lowest BCUT2D eigenvalue weighted by Crippen LogP contribution is -2.21. The molecule has 2 atom stereocenters. The highest BCUT2D eigenvalue weighted by Gasteiger charge is 2.21. The van der Waals surface area contributed by atoms with Gasteiger partial charge >= 0.3 is 0 Å². The molecule has 0 aliphatic carbocycles. The van der Waals surface area contributed by atoms with Gasteiger partial charge in [0.1, 0.15) is 0 Å². The molecule has 2 heterocycles. The van der Waals surface area contributed by atoms with Gasteiger partial charge in [0.2, 0.25) is 0 Å². The van der Waals surface area contributed by atoms with Gasteiger partial charge in [0.25, 0.3) is 0 Å². The fraction of sp³-hybridized carbons (Fsp3) is 0.636. The van der Waals surface area contributed by atoms with Gasteiger partial charge in [-0.1, -0.05) is 0 Å². The number of nitrogens with one attached hydrogen (secondary N) is 1. The van der Waals surface area contributed by atoms with E-state index in [1.54, 1.807) is 11.3 Å². The summed E-state index contributed by atoms with van der Waals surface area (Å²) < 4.78 is 6.87. The minimum Gasteiger partial charge on any atom is -0.378 e. The van der Waals surface area contributed by atoms with Crippen LogP contribution in [-0.4, -0.2) is 19.8 Å². The van der Waals surface area contributed by atoms with Crippen molar-refractivity contribution in [3.05, 3.63) is 20.8 Å². The molecule has 2 unspecified atom stereocenters. The number of thiophene rings is 1. The van der Waals surface area contributed by atoms with E-state index < -0.39 is 0 Å². The summed E-state index contributed by atoms with van der Waals surface area (Å²) in [7, 11) is 2.02. The zero-order valence-corrected chi connectivity index (χ0v) is 11.2. The predicted octanol–water partition coefficient (Wildman–Crippen LogP) is 3.34. The minimum absolute atomic E-state index is 0.435. The van der Waals surface area contributed by atoms with E-state index in [-0.39, 0.29) is 0 Å². The van der Waals surface area contributed by atoms with Crippen LogP contribution < -0.4 is 5.32 Å². The fourth-order valence-corrected chi connectivity index (χ4v) is 3.53. The van der Waals surface area contributed by atoms with E-state index in [1.807, 2.05) is 7.05 Å². The standard InChI is InChI=1S/C11H16BrNOS/c1-13-9(7-8-3-2-6-14-8)10-4-5-11(12)15-10/h4-5,8-9,13H,2-3,6-7H2,1H3. The maximum absolute atomic E-state index is 5.67. The molecule has 1 saturated heterocycles. The van der Waals surface area contributed by atoms with E-state index in [0.29, 0.717) is 12.1 Å². The van der Waals surface area contributed by atoms with Crippen LogP contribution in [-0.2, 0) is 4.74 Å². The molecule has 4 heteroatoms. The van der Waals surface area contributed by atoms with E-state index >= 15 is 0 Å². The maximum atomic E-state index is 5.67. The summed E-state index contributed by atoms with van der Waals surface area (Å²) in [5.41, 5.74) is 0. The van der Waals surface area contributed by atoms with Gasteiger partial charge in [-0.2, -0.15) is 0 Å². The molecule has 1 aromatic rings. The smallest absolute Gasteiger partial charge is 0.0701 e. The van der Waals surface area contributed by atoms with Crippen molar-refractivity contribution in [2.75, 3.05) is 13.7 Å². The van der Waals surface area contributed by atoms with Gasteiger partial charge in [-0.3, -0.25) is 0 Å². The van der Waals surface area contributed by atoms with Gasteiger partial charge in [0, 0.05) is 17.5 Å². The molecule has 1 fully saturated rings. The van der Waals surface area contributed by atoms with E-state index in [0.717, 1.165) is 13.0 Å². The summed E-state index contributed by atoms with van der Waals surface area (Å²) >= 11 is 5.30. The molecule has 2 rings (SSSR count). The third-order valence-electron chi connectivity index (χ3n) is 2.81. The van der Waals surface area contributed by atoms with Gasteiger partial charge in [0.15, 0.2) is 0 Å². The third kappa shape index (κ3) is 3.03. The zero-order valence-electron chi connectivity index (χ0n) is 8.83. The summed E-state index contributed by atoms with van der Waals surface area (Å²) in [6.45, 7) is 0.940. The van der Waals surface area contributed by atoms with Crippen molar-refractivity contribution in [3.63, 3.8) is 0 Å². The molecule has 0 radical (unpaired) electrons. The van der Waals surface area contributed by atoms with Crippen molar-refractivity contribution < 1.29 is 4.74 Å².